The molecule has 0 fully saturated rings. The number of benzene rings is 1. The lowest BCUT2D eigenvalue weighted by molar-refractivity contribution is 0.691. The molecule has 0 bridgehead atoms. The van der Waals surface area contributed by atoms with E-state index in [-0.39, 0.29) is 6.04 Å². The second kappa shape index (κ2) is 5.65. The van der Waals surface area contributed by atoms with E-state index in [1.807, 2.05) is 13.1 Å². The molecule has 1 aromatic heterocycles. The van der Waals surface area contributed by atoms with Crippen molar-refractivity contribution in [1.29, 1.82) is 0 Å². The van der Waals surface area contributed by atoms with E-state index in [0.717, 1.165) is 8.95 Å². The Labute approximate surface area is 123 Å². The zero-order valence-electron chi connectivity index (χ0n) is 9.63. The van der Waals surface area contributed by atoms with Gasteiger partial charge < -0.3 is 5.32 Å². The summed E-state index contributed by atoms with van der Waals surface area (Å²) in [5, 5.41) is 5.58. The van der Waals surface area contributed by atoms with Crippen LogP contribution in [0.4, 0.5) is 0 Å². The normalized spacial score (nSPS) is 12.7. The molecule has 1 nitrogen and oxygen atoms in total. The molecule has 4 heteroatoms. The summed E-state index contributed by atoms with van der Waals surface area (Å²) in [6.07, 6.45) is 0. The Morgan fingerprint density at radius 2 is 2.00 bits per heavy atom. The standard InChI is InChI=1S/C13H13Br2NS/c1-8-5-9(7-17-8)13(16-2)11-6-10(14)3-4-12(11)15/h3-7,13,16H,1-2H3. The van der Waals surface area contributed by atoms with Crippen LogP contribution in [0.3, 0.4) is 0 Å². The number of thiophene rings is 1. The minimum atomic E-state index is 0.229. The summed E-state index contributed by atoms with van der Waals surface area (Å²) in [7, 11) is 1.99. The van der Waals surface area contributed by atoms with Gasteiger partial charge in [-0.15, -0.1) is 11.3 Å². The SMILES string of the molecule is CNC(c1csc(C)c1)c1cc(Br)ccc1Br. The van der Waals surface area contributed by atoms with Crippen molar-refractivity contribution >= 4 is 43.2 Å². The van der Waals surface area contributed by atoms with Crippen molar-refractivity contribution < 1.29 is 0 Å². The van der Waals surface area contributed by atoms with Crippen LogP contribution < -0.4 is 5.32 Å². The van der Waals surface area contributed by atoms with E-state index in [1.54, 1.807) is 11.3 Å². The Morgan fingerprint density at radius 1 is 1.24 bits per heavy atom. The van der Waals surface area contributed by atoms with Crippen LogP contribution in [0.2, 0.25) is 0 Å². The smallest absolute Gasteiger partial charge is 0.0594 e. The Kier molecular flexibility index (Phi) is 4.42. The van der Waals surface area contributed by atoms with Gasteiger partial charge >= 0.3 is 0 Å². The van der Waals surface area contributed by atoms with Gasteiger partial charge in [0, 0.05) is 13.8 Å². The zero-order valence-corrected chi connectivity index (χ0v) is 13.6. The molecule has 0 saturated heterocycles. The van der Waals surface area contributed by atoms with E-state index >= 15 is 0 Å². The first-order valence-corrected chi connectivity index (χ1v) is 7.75. The summed E-state index contributed by atoms with van der Waals surface area (Å²) in [4.78, 5) is 1.34. The summed E-state index contributed by atoms with van der Waals surface area (Å²) in [5.74, 6) is 0. The molecule has 0 amide bonds. The minimum Gasteiger partial charge on any atom is -0.309 e. The van der Waals surface area contributed by atoms with Crippen LogP contribution in [0.25, 0.3) is 0 Å². The third-order valence-electron chi connectivity index (χ3n) is 2.64. The summed E-state index contributed by atoms with van der Waals surface area (Å²) in [5.41, 5.74) is 2.56. The molecule has 0 aliphatic rings. The van der Waals surface area contributed by atoms with Crippen LogP contribution in [0, 0.1) is 6.92 Å². The molecule has 1 atom stereocenters. The molecule has 0 radical (unpaired) electrons. The van der Waals surface area contributed by atoms with Gasteiger partial charge in [-0.3, -0.25) is 0 Å². The maximum absolute atomic E-state index is 3.62. The second-order valence-corrected chi connectivity index (χ2v) is 6.76. The van der Waals surface area contributed by atoms with Gasteiger partial charge in [0.15, 0.2) is 0 Å². The highest BCUT2D eigenvalue weighted by atomic mass is 79.9. The highest BCUT2D eigenvalue weighted by molar-refractivity contribution is 9.11. The molecule has 1 unspecified atom stereocenters. The van der Waals surface area contributed by atoms with Crippen molar-refractivity contribution in [2.45, 2.75) is 13.0 Å². The molecule has 1 aromatic carbocycles. The molecule has 0 spiro atoms. The second-order valence-electron chi connectivity index (χ2n) is 3.88. The van der Waals surface area contributed by atoms with Crippen LogP contribution in [-0.2, 0) is 0 Å². The average Bonchev–Trinajstić information content (AvgIpc) is 2.71. The fourth-order valence-electron chi connectivity index (χ4n) is 1.85. The molecule has 0 aliphatic carbocycles. The molecule has 90 valence electrons. The summed E-state index contributed by atoms with van der Waals surface area (Å²) < 4.78 is 2.23. The molecule has 2 aromatic rings. The van der Waals surface area contributed by atoms with E-state index in [4.69, 9.17) is 0 Å². The molecule has 0 saturated carbocycles. The first-order valence-electron chi connectivity index (χ1n) is 5.29. The first kappa shape index (κ1) is 13.3. The van der Waals surface area contributed by atoms with E-state index in [2.05, 4.69) is 67.7 Å². The van der Waals surface area contributed by atoms with Gasteiger partial charge in [0.25, 0.3) is 0 Å². The van der Waals surface area contributed by atoms with Crippen molar-refractivity contribution in [3.8, 4) is 0 Å². The van der Waals surface area contributed by atoms with Crippen LogP contribution in [0.15, 0.2) is 38.6 Å². The quantitative estimate of drug-likeness (QED) is 0.806. The first-order chi connectivity index (χ1) is 8.11. The van der Waals surface area contributed by atoms with Crippen LogP contribution in [-0.4, -0.2) is 7.05 Å². The van der Waals surface area contributed by atoms with Crippen molar-refractivity contribution in [3.63, 3.8) is 0 Å². The molecular formula is C13H13Br2NS. The highest BCUT2D eigenvalue weighted by Gasteiger charge is 2.16. The topological polar surface area (TPSA) is 12.0 Å². The fourth-order valence-corrected chi connectivity index (χ4v) is 3.44. The lowest BCUT2D eigenvalue weighted by atomic mass is 10.0. The van der Waals surface area contributed by atoms with Gasteiger partial charge in [0.1, 0.15) is 0 Å². The van der Waals surface area contributed by atoms with Gasteiger partial charge in [0.2, 0.25) is 0 Å². The largest absolute Gasteiger partial charge is 0.309 e. The number of aryl methyl sites for hydroxylation is 1. The van der Waals surface area contributed by atoms with Crippen molar-refractivity contribution in [2.75, 3.05) is 7.05 Å². The third-order valence-corrected chi connectivity index (χ3v) is 4.74. The summed E-state index contributed by atoms with van der Waals surface area (Å²) in [6, 6.07) is 8.73. The maximum atomic E-state index is 3.62. The van der Waals surface area contributed by atoms with E-state index in [9.17, 15) is 0 Å². The Bertz CT molecular complexity index is 522. The van der Waals surface area contributed by atoms with Crippen LogP contribution in [0.1, 0.15) is 22.0 Å². The van der Waals surface area contributed by atoms with Gasteiger partial charge in [0.05, 0.1) is 6.04 Å². The lowest BCUT2D eigenvalue weighted by Crippen LogP contribution is -2.17. The monoisotopic (exact) mass is 373 g/mol. The van der Waals surface area contributed by atoms with Gasteiger partial charge in [-0.2, -0.15) is 0 Å². The molecule has 17 heavy (non-hydrogen) atoms. The lowest BCUT2D eigenvalue weighted by Gasteiger charge is -2.17. The molecule has 0 aliphatic heterocycles. The van der Waals surface area contributed by atoms with E-state index in [0.29, 0.717) is 0 Å². The summed E-state index contributed by atoms with van der Waals surface area (Å²) in [6.45, 7) is 2.14. The van der Waals surface area contributed by atoms with E-state index < -0.39 is 0 Å². The minimum absolute atomic E-state index is 0.229. The predicted octanol–water partition coefficient (Wildman–Crippen LogP) is 4.89. The molecule has 1 heterocycles. The molecule has 2 rings (SSSR count). The number of hydrogen-bond acceptors (Lipinski definition) is 2. The fraction of sp³-hybridized carbons (Fsp3) is 0.231. The number of rotatable bonds is 3. The number of hydrogen-bond donors (Lipinski definition) is 1. The van der Waals surface area contributed by atoms with E-state index in [1.165, 1.54) is 16.0 Å². The Balaban J connectivity index is 2.45. The summed E-state index contributed by atoms with van der Waals surface area (Å²) >= 11 is 8.93. The van der Waals surface area contributed by atoms with Crippen LogP contribution in [0.5, 0.6) is 0 Å². The average molecular weight is 375 g/mol. The van der Waals surface area contributed by atoms with Gasteiger partial charge in [-0.1, -0.05) is 31.9 Å². The van der Waals surface area contributed by atoms with Crippen LogP contribution >= 0.6 is 43.2 Å². The van der Waals surface area contributed by atoms with Gasteiger partial charge in [-0.25, -0.2) is 0 Å². The van der Waals surface area contributed by atoms with Gasteiger partial charge in [-0.05, 0) is 54.7 Å². The Morgan fingerprint density at radius 3 is 2.59 bits per heavy atom. The molecular weight excluding hydrogens is 362 g/mol. The maximum Gasteiger partial charge on any atom is 0.0594 e. The van der Waals surface area contributed by atoms with Crippen molar-refractivity contribution in [2.24, 2.45) is 0 Å². The predicted molar refractivity (Wildman–Crippen MR) is 81.8 cm³/mol. The zero-order chi connectivity index (χ0) is 12.4. The van der Waals surface area contributed by atoms with Crippen molar-refractivity contribution in [3.05, 3.63) is 54.6 Å². The van der Waals surface area contributed by atoms with Crippen molar-refractivity contribution in [1.82, 2.24) is 5.32 Å². The Hall–Kier alpha value is -0.160. The number of halogens is 2. The molecule has 1 N–H and O–H groups in total. The highest BCUT2D eigenvalue weighted by Crippen LogP contribution is 2.32. The third kappa shape index (κ3) is 2.99. The number of nitrogens with one attached hydrogen (secondary N) is 1.